The predicted octanol–water partition coefficient (Wildman–Crippen LogP) is 0.548. The molecule has 0 aromatic heterocycles. The van der Waals surface area contributed by atoms with Crippen LogP contribution in [0.2, 0.25) is 0 Å². The van der Waals surface area contributed by atoms with Gasteiger partial charge in [0.25, 0.3) is 0 Å². The van der Waals surface area contributed by atoms with E-state index in [1.54, 1.807) is 14.0 Å². The van der Waals surface area contributed by atoms with Crippen LogP contribution in [0, 0.1) is 5.92 Å². The lowest BCUT2D eigenvalue weighted by Crippen LogP contribution is -2.39. The maximum Gasteiger partial charge on any atom is 0.323 e. The zero-order valence-corrected chi connectivity index (χ0v) is 8.74. The van der Waals surface area contributed by atoms with Crippen LogP contribution in [0.15, 0.2) is 0 Å². The van der Waals surface area contributed by atoms with Gasteiger partial charge in [0.1, 0.15) is 12.1 Å². The van der Waals surface area contributed by atoms with Gasteiger partial charge in [-0.3, -0.25) is 4.79 Å². The van der Waals surface area contributed by atoms with Crippen LogP contribution in [0.5, 0.6) is 0 Å². The Morgan fingerprint density at radius 1 is 1.38 bits per heavy atom. The summed E-state index contributed by atoms with van der Waals surface area (Å²) >= 11 is 0. The normalized spacial score (nSPS) is 15.5. The first-order chi connectivity index (χ1) is 5.99. The Labute approximate surface area is 79.4 Å². The molecule has 0 saturated carbocycles. The number of methoxy groups -OCH3 is 1. The van der Waals surface area contributed by atoms with E-state index in [0.717, 1.165) is 0 Å². The standard InChI is InChI=1S/C9H19NO3/c1-6(2)8(10)9(11)13-7(3)5-12-4/h6-8H,5,10H2,1-4H3/t7?,8-/m1/s1. The molecule has 0 heterocycles. The van der Waals surface area contributed by atoms with Gasteiger partial charge in [-0.25, -0.2) is 0 Å². The smallest absolute Gasteiger partial charge is 0.323 e. The summed E-state index contributed by atoms with van der Waals surface area (Å²) in [6, 6.07) is -0.542. The molecule has 2 N–H and O–H groups in total. The lowest BCUT2D eigenvalue weighted by atomic mass is 10.1. The first kappa shape index (κ1) is 12.4. The zero-order valence-electron chi connectivity index (χ0n) is 8.74. The van der Waals surface area contributed by atoms with Crippen molar-refractivity contribution in [3.63, 3.8) is 0 Å². The fourth-order valence-corrected chi connectivity index (χ4v) is 0.818. The summed E-state index contributed by atoms with van der Waals surface area (Å²) in [5.41, 5.74) is 5.59. The molecule has 0 aliphatic heterocycles. The Bertz CT molecular complexity index is 159. The van der Waals surface area contributed by atoms with Crippen LogP contribution < -0.4 is 5.73 Å². The van der Waals surface area contributed by atoms with E-state index in [4.69, 9.17) is 15.2 Å². The van der Waals surface area contributed by atoms with E-state index in [9.17, 15) is 4.79 Å². The van der Waals surface area contributed by atoms with Crippen molar-refractivity contribution in [3.05, 3.63) is 0 Å². The highest BCUT2D eigenvalue weighted by Gasteiger charge is 2.20. The van der Waals surface area contributed by atoms with E-state index in [-0.39, 0.29) is 18.0 Å². The highest BCUT2D eigenvalue weighted by Crippen LogP contribution is 2.02. The van der Waals surface area contributed by atoms with Crippen LogP contribution in [0.25, 0.3) is 0 Å². The monoisotopic (exact) mass is 189 g/mol. The van der Waals surface area contributed by atoms with Crippen molar-refractivity contribution in [2.75, 3.05) is 13.7 Å². The third kappa shape index (κ3) is 4.85. The molecule has 0 aromatic rings. The molecule has 0 aromatic carbocycles. The Kier molecular flexibility index (Phi) is 5.66. The van der Waals surface area contributed by atoms with Gasteiger partial charge >= 0.3 is 5.97 Å². The number of carbonyl (C=O) groups is 1. The number of rotatable bonds is 5. The second-order valence-electron chi connectivity index (χ2n) is 3.47. The molecule has 78 valence electrons. The van der Waals surface area contributed by atoms with Crippen LogP contribution in [0.3, 0.4) is 0 Å². The minimum absolute atomic E-state index is 0.0993. The summed E-state index contributed by atoms with van der Waals surface area (Å²) in [7, 11) is 1.56. The zero-order chi connectivity index (χ0) is 10.4. The molecule has 0 bridgehead atoms. The Hall–Kier alpha value is -0.610. The first-order valence-electron chi connectivity index (χ1n) is 4.44. The van der Waals surface area contributed by atoms with Crippen LogP contribution in [0.1, 0.15) is 20.8 Å². The van der Waals surface area contributed by atoms with Gasteiger partial charge in [-0.15, -0.1) is 0 Å². The second kappa shape index (κ2) is 5.94. The number of esters is 1. The molecule has 0 amide bonds. The number of hydrogen-bond acceptors (Lipinski definition) is 4. The Morgan fingerprint density at radius 3 is 2.31 bits per heavy atom. The molecule has 2 atom stereocenters. The van der Waals surface area contributed by atoms with Gasteiger partial charge in [0, 0.05) is 7.11 Å². The van der Waals surface area contributed by atoms with E-state index >= 15 is 0 Å². The molecule has 0 aliphatic carbocycles. The average Bonchev–Trinajstić information content (AvgIpc) is 2.03. The van der Waals surface area contributed by atoms with Crippen molar-refractivity contribution in [3.8, 4) is 0 Å². The molecule has 4 nitrogen and oxygen atoms in total. The van der Waals surface area contributed by atoms with Crippen LogP contribution in [0.4, 0.5) is 0 Å². The lowest BCUT2D eigenvalue weighted by Gasteiger charge is -2.18. The second-order valence-corrected chi connectivity index (χ2v) is 3.47. The molecule has 0 fully saturated rings. The molecule has 0 radical (unpaired) electrons. The van der Waals surface area contributed by atoms with E-state index < -0.39 is 6.04 Å². The lowest BCUT2D eigenvalue weighted by molar-refractivity contribution is -0.153. The summed E-state index contributed by atoms with van der Waals surface area (Å²) in [6.45, 7) is 5.94. The molecule has 1 unspecified atom stereocenters. The largest absolute Gasteiger partial charge is 0.459 e. The molecule has 0 aliphatic rings. The van der Waals surface area contributed by atoms with Gasteiger partial charge in [0.2, 0.25) is 0 Å². The van der Waals surface area contributed by atoms with Crippen LogP contribution in [-0.4, -0.2) is 31.8 Å². The van der Waals surface area contributed by atoms with Crippen LogP contribution >= 0.6 is 0 Å². The van der Waals surface area contributed by atoms with Gasteiger partial charge in [0.05, 0.1) is 6.61 Å². The fourth-order valence-electron chi connectivity index (χ4n) is 0.818. The van der Waals surface area contributed by atoms with Gasteiger partial charge < -0.3 is 15.2 Å². The minimum Gasteiger partial charge on any atom is -0.459 e. The van der Waals surface area contributed by atoms with E-state index in [1.807, 2.05) is 13.8 Å². The van der Waals surface area contributed by atoms with Gasteiger partial charge in [0.15, 0.2) is 0 Å². The minimum atomic E-state index is -0.542. The Balaban J connectivity index is 3.85. The summed E-state index contributed by atoms with van der Waals surface area (Å²) in [5, 5.41) is 0. The molecule has 13 heavy (non-hydrogen) atoms. The maximum absolute atomic E-state index is 11.3. The number of ether oxygens (including phenoxy) is 2. The SMILES string of the molecule is COCC(C)OC(=O)[C@H](N)C(C)C. The highest BCUT2D eigenvalue weighted by molar-refractivity contribution is 5.75. The Morgan fingerprint density at radius 2 is 1.92 bits per heavy atom. The molecule has 4 heteroatoms. The molecule has 0 saturated heterocycles. The van der Waals surface area contributed by atoms with Crippen molar-refractivity contribution in [2.45, 2.75) is 32.9 Å². The van der Waals surface area contributed by atoms with Gasteiger partial charge in [-0.1, -0.05) is 13.8 Å². The quantitative estimate of drug-likeness (QED) is 0.641. The fraction of sp³-hybridized carbons (Fsp3) is 0.889. The number of carbonyl (C=O) groups excluding carboxylic acids is 1. The molecule has 0 spiro atoms. The third-order valence-corrected chi connectivity index (χ3v) is 1.71. The first-order valence-corrected chi connectivity index (χ1v) is 4.44. The number of hydrogen-bond donors (Lipinski definition) is 1. The summed E-state index contributed by atoms with van der Waals surface area (Å²) in [6.07, 6.45) is -0.234. The maximum atomic E-state index is 11.3. The predicted molar refractivity (Wildman–Crippen MR) is 50.2 cm³/mol. The van der Waals surface area contributed by atoms with E-state index in [2.05, 4.69) is 0 Å². The van der Waals surface area contributed by atoms with E-state index in [1.165, 1.54) is 0 Å². The number of nitrogens with two attached hydrogens (primary N) is 1. The van der Waals surface area contributed by atoms with Gasteiger partial charge in [-0.05, 0) is 12.8 Å². The van der Waals surface area contributed by atoms with Crippen molar-refractivity contribution < 1.29 is 14.3 Å². The summed E-state index contributed by atoms with van der Waals surface area (Å²) < 4.78 is 9.85. The van der Waals surface area contributed by atoms with Crippen molar-refractivity contribution >= 4 is 5.97 Å². The third-order valence-electron chi connectivity index (χ3n) is 1.71. The van der Waals surface area contributed by atoms with Crippen LogP contribution in [-0.2, 0) is 14.3 Å². The summed E-state index contributed by atoms with van der Waals surface area (Å²) in [5.74, 6) is -0.262. The molecular weight excluding hydrogens is 170 g/mol. The molecule has 0 rings (SSSR count). The van der Waals surface area contributed by atoms with E-state index in [0.29, 0.717) is 6.61 Å². The van der Waals surface area contributed by atoms with Gasteiger partial charge in [-0.2, -0.15) is 0 Å². The average molecular weight is 189 g/mol. The highest BCUT2D eigenvalue weighted by atomic mass is 16.6. The summed E-state index contributed by atoms with van der Waals surface area (Å²) in [4.78, 5) is 11.3. The van der Waals surface area contributed by atoms with Crippen molar-refractivity contribution in [2.24, 2.45) is 11.7 Å². The molecular formula is C9H19NO3. The van der Waals surface area contributed by atoms with Crippen molar-refractivity contribution in [1.29, 1.82) is 0 Å². The van der Waals surface area contributed by atoms with Crippen molar-refractivity contribution in [1.82, 2.24) is 0 Å². The topological polar surface area (TPSA) is 61.5 Å².